The zero-order chi connectivity index (χ0) is 15.0. The van der Waals surface area contributed by atoms with Crippen LogP contribution >= 0.6 is 11.3 Å². The van der Waals surface area contributed by atoms with E-state index in [1.165, 1.54) is 4.88 Å². The van der Waals surface area contributed by atoms with Crippen molar-refractivity contribution in [3.8, 4) is 5.75 Å². The van der Waals surface area contributed by atoms with Gasteiger partial charge < -0.3 is 15.0 Å². The van der Waals surface area contributed by atoms with Gasteiger partial charge in [0.25, 0.3) is 0 Å². The van der Waals surface area contributed by atoms with Crippen molar-refractivity contribution in [3.05, 3.63) is 40.6 Å². The van der Waals surface area contributed by atoms with Crippen LogP contribution in [0.1, 0.15) is 18.7 Å². The van der Waals surface area contributed by atoms with E-state index in [1.54, 1.807) is 18.4 Å². The van der Waals surface area contributed by atoms with Gasteiger partial charge in [0.05, 0.1) is 18.1 Å². The number of thiophene rings is 1. The Kier molecular flexibility index (Phi) is 3.37. The molecule has 0 saturated carbocycles. The summed E-state index contributed by atoms with van der Waals surface area (Å²) in [4.78, 5) is 5.78. The number of rotatable bonds is 4. The summed E-state index contributed by atoms with van der Waals surface area (Å²) in [6.45, 7) is 5.23. The second-order valence-corrected chi connectivity index (χ2v) is 6.72. The van der Waals surface area contributed by atoms with Gasteiger partial charge in [-0.05, 0) is 23.6 Å². The van der Waals surface area contributed by atoms with Crippen molar-refractivity contribution in [2.45, 2.75) is 25.8 Å². The number of hydrogen-bond acceptors (Lipinski definition) is 4. The Balaban J connectivity index is 2.05. The molecule has 0 spiro atoms. The van der Waals surface area contributed by atoms with Crippen LogP contribution in [0.2, 0.25) is 0 Å². The Morgan fingerprint density at radius 2 is 2.14 bits per heavy atom. The van der Waals surface area contributed by atoms with Gasteiger partial charge in [-0.2, -0.15) is 0 Å². The van der Waals surface area contributed by atoms with E-state index in [0.29, 0.717) is 5.95 Å². The molecule has 0 unspecified atom stereocenters. The summed E-state index contributed by atoms with van der Waals surface area (Å²) in [6, 6.07) is 10.1. The third kappa shape index (κ3) is 2.49. The van der Waals surface area contributed by atoms with Crippen LogP contribution in [0.15, 0.2) is 35.7 Å². The fourth-order valence-corrected chi connectivity index (χ4v) is 3.40. The van der Waals surface area contributed by atoms with E-state index in [-0.39, 0.29) is 5.41 Å². The van der Waals surface area contributed by atoms with Crippen molar-refractivity contribution >= 4 is 28.3 Å². The third-order valence-corrected chi connectivity index (χ3v) is 4.96. The van der Waals surface area contributed by atoms with Crippen LogP contribution < -0.4 is 10.5 Å². The van der Waals surface area contributed by atoms with Crippen LogP contribution in [0, 0.1) is 0 Å². The molecule has 0 amide bonds. The molecule has 0 radical (unpaired) electrons. The first kappa shape index (κ1) is 13.9. The summed E-state index contributed by atoms with van der Waals surface area (Å²) in [5, 5.41) is 2.11. The van der Waals surface area contributed by atoms with Gasteiger partial charge in [-0.15, -0.1) is 11.3 Å². The normalized spacial score (nSPS) is 12.0. The quantitative estimate of drug-likeness (QED) is 0.800. The highest BCUT2D eigenvalue weighted by molar-refractivity contribution is 7.10. The maximum atomic E-state index is 6.12. The lowest BCUT2D eigenvalue weighted by Crippen LogP contribution is -2.24. The summed E-state index contributed by atoms with van der Waals surface area (Å²) in [5.74, 6) is 1.36. The molecule has 2 aromatic heterocycles. The van der Waals surface area contributed by atoms with Crippen LogP contribution in [0.3, 0.4) is 0 Å². The lowest BCUT2D eigenvalue weighted by atomic mass is 9.91. The van der Waals surface area contributed by atoms with Gasteiger partial charge in [0.15, 0.2) is 0 Å². The van der Waals surface area contributed by atoms with Crippen LogP contribution in [0.4, 0.5) is 5.95 Å². The Labute approximate surface area is 128 Å². The molecule has 110 valence electrons. The summed E-state index contributed by atoms with van der Waals surface area (Å²) >= 11 is 1.77. The average Bonchev–Trinajstić information content (AvgIpc) is 3.08. The van der Waals surface area contributed by atoms with Gasteiger partial charge in [-0.1, -0.05) is 19.9 Å². The number of imidazole rings is 1. The highest BCUT2D eigenvalue weighted by atomic mass is 32.1. The standard InChI is InChI=1S/C16H19N3OS/c1-16(2,14-5-4-8-21-14)10-19-13-9-11(20-3)6-7-12(13)18-15(19)17/h4-9H,10H2,1-3H3,(H2,17,18). The minimum atomic E-state index is -0.000999. The van der Waals surface area contributed by atoms with Gasteiger partial charge in [-0.25, -0.2) is 4.98 Å². The largest absolute Gasteiger partial charge is 0.497 e. The number of nitrogens with zero attached hydrogens (tertiary/aromatic N) is 2. The van der Waals surface area contributed by atoms with E-state index in [4.69, 9.17) is 10.5 Å². The maximum absolute atomic E-state index is 6.12. The molecule has 3 aromatic rings. The maximum Gasteiger partial charge on any atom is 0.201 e. The highest BCUT2D eigenvalue weighted by Crippen LogP contribution is 2.32. The van der Waals surface area contributed by atoms with Gasteiger partial charge in [0, 0.05) is 22.9 Å². The molecule has 0 aliphatic rings. The topological polar surface area (TPSA) is 53.1 Å². The Morgan fingerprint density at radius 3 is 2.81 bits per heavy atom. The first-order valence-corrected chi connectivity index (χ1v) is 7.73. The fraction of sp³-hybridized carbons (Fsp3) is 0.312. The molecule has 3 rings (SSSR count). The van der Waals surface area contributed by atoms with Crippen LogP contribution in [0.25, 0.3) is 11.0 Å². The zero-order valence-electron chi connectivity index (χ0n) is 12.5. The van der Waals surface area contributed by atoms with Crippen molar-refractivity contribution < 1.29 is 4.74 Å². The van der Waals surface area contributed by atoms with Gasteiger partial charge in [-0.3, -0.25) is 0 Å². The lowest BCUT2D eigenvalue weighted by Gasteiger charge is -2.24. The molecule has 0 atom stereocenters. The number of hydrogen-bond donors (Lipinski definition) is 1. The van der Waals surface area contributed by atoms with Crippen molar-refractivity contribution in [3.63, 3.8) is 0 Å². The van der Waals surface area contributed by atoms with Crippen LogP contribution in [0.5, 0.6) is 5.75 Å². The van der Waals surface area contributed by atoms with Crippen LogP contribution in [-0.2, 0) is 12.0 Å². The number of methoxy groups -OCH3 is 1. The number of aromatic nitrogens is 2. The second-order valence-electron chi connectivity index (χ2n) is 5.77. The number of benzene rings is 1. The Morgan fingerprint density at radius 1 is 1.33 bits per heavy atom. The van der Waals surface area contributed by atoms with Crippen molar-refractivity contribution in [2.24, 2.45) is 0 Å². The molecular weight excluding hydrogens is 282 g/mol. The van der Waals surface area contributed by atoms with Gasteiger partial charge in [0.2, 0.25) is 5.95 Å². The Bertz CT molecular complexity index is 759. The minimum absolute atomic E-state index is 0.000999. The van der Waals surface area contributed by atoms with E-state index in [9.17, 15) is 0 Å². The smallest absolute Gasteiger partial charge is 0.201 e. The predicted molar refractivity (Wildman–Crippen MR) is 88.0 cm³/mol. The predicted octanol–water partition coefficient (Wildman–Crippen LogP) is 3.67. The van der Waals surface area contributed by atoms with Crippen molar-refractivity contribution in [1.82, 2.24) is 9.55 Å². The number of anilines is 1. The first-order valence-electron chi connectivity index (χ1n) is 6.85. The van der Waals surface area contributed by atoms with E-state index >= 15 is 0 Å². The Hall–Kier alpha value is -2.01. The number of nitrogen functional groups attached to an aromatic ring is 1. The third-order valence-electron chi connectivity index (χ3n) is 3.73. The van der Waals surface area contributed by atoms with E-state index in [1.807, 2.05) is 18.2 Å². The highest BCUT2D eigenvalue weighted by Gasteiger charge is 2.24. The first-order chi connectivity index (χ1) is 10.0. The number of fused-ring (bicyclic) bond motifs is 1. The van der Waals surface area contributed by atoms with Crippen molar-refractivity contribution in [2.75, 3.05) is 12.8 Å². The average molecular weight is 301 g/mol. The molecule has 4 nitrogen and oxygen atoms in total. The molecule has 1 aromatic carbocycles. The molecule has 2 heterocycles. The van der Waals surface area contributed by atoms with E-state index in [0.717, 1.165) is 23.3 Å². The zero-order valence-corrected chi connectivity index (χ0v) is 13.3. The fourth-order valence-electron chi connectivity index (χ4n) is 2.55. The molecule has 0 saturated heterocycles. The monoisotopic (exact) mass is 301 g/mol. The SMILES string of the molecule is COc1ccc2nc(N)n(CC(C)(C)c3cccs3)c2c1. The second kappa shape index (κ2) is 5.07. The molecule has 0 aliphatic heterocycles. The molecule has 0 aliphatic carbocycles. The summed E-state index contributed by atoms with van der Waals surface area (Å²) in [5.41, 5.74) is 8.03. The number of ether oxygens (including phenoxy) is 1. The molecule has 0 fully saturated rings. The van der Waals surface area contributed by atoms with E-state index < -0.39 is 0 Å². The van der Waals surface area contributed by atoms with E-state index in [2.05, 4.69) is 40.9 Å². The summed E-state index contributed by atoms with van der Waals surface area (Å²) in [6.07, 6.45) is 0. The molecule has 5 heteroatoms. The molecule has 2 N–H and O–H groups in total. The van der Waals surface area contributed by atoms with Gasteiger partial charge in [0.1, 0.15) is 5.75 Å². The van der Waals surface area contributed by atoms with Gasteiger partial charge >= 0.3 is 0 Å². The molecular formula is C16H19N3OS. The molecule has 0 bridgehead atoms. The summed E-state index contributed by atoms with van der Waals surface area (Å²) in [7, 11) is 1.67. The van der Waals surface area contributed by atoms with Crippen molar-refractivity contribution in [1.29, 1.82) is 0 Å². The van der Waals surface area contributed by atoms with Crippen LogP contribution in [-0.4, -0.2) is 16.7 Å². The minimum Gasteiger partial charge on any atom is -0.497 e. The summed E-state index contributed by atoms with van der Waals surface area (Å²) < 4.78 is 7.38. The lowest BCUT2D eigenvalue weighted by molar-refractivity contribution is 0.414. The number of nitrogens with two attached hydrogens (primary N) is 1. The molecule has 21 heavy (non-hydrogen) atoms.